The van der Waals surface area contributed by atoms with Gasteiger partial charge in [-0.25, -0.2) is 0 Å². The molecule has 0 radical (unpaired) electrons. The molecule has 6 heteroatoms. The molecular weight excluding hydrogens is 302 g/mol. The third-order valence-corrected chi connectivity index (χ3v) is 3.87. The quantitative estimate of drug-likeness (QED) is 0.753. The van der Waals surface area contributed by atoms with Gasteiger partial charge in [0.05, 0.1) is 24.2 Å². The standard InChI is InChI=1S/C16H19NO4S/c1-11(2)21-13-7-5-4-6-12(13)10-14-15(18)17(8-9-20-3)16(19)22-14/h4-7,10-11H,8-9H2,1-3H3/b14-10-. The van der Waals surface area contributed by atoms with Gasteiger partial charge in [-0.2, -0.15) is 0 Å². The highest BCUT2D eigenvalue weighted by atomic mass is 32.2. The highest BCUT2D eigenvalue weighted by Crippen LogP contribution is 2.33. The number of carbonyl (C=O) groups excluding carboxylic acids is 2. The molecule has 0 bridgehead atoms. The fourth-order valence-corrected chi connectivity index (χ4v) is 2.83. The van der Waals surface area contributed by atoms with Crippen LogP contribution >= 0.6 is 11.8 Å². The van der Waals surface area contributed by atoms with Crippen LogP contribution in [0, 0.1) is 0 Å². The van der Waals surface area contributed by atoms with E-state index in [1.807, 2.05) is 38.1 Å². The van der Waals surface area contributed by atoms with E-state index >= 15 is 0 Å². The molecule has 0 unspecified atom stereocenters. The highest BCUT2D eigenvalue weighted by Gasteiger charge is 2.34. The second kappa shape index (κ2) is 7.47. The van der Waals surface area contributed by atoms with Crippen LogP contribution in [0.3, 0.4) is 0 Å². The second-order valence-electron chi connectivity index (χ2n) is 5.03. The molecule has 0 aromatic heterocycles. The summed E-state index contributed by atoms with van der Waals surface area (Å²) in [6, 6.07) is 7.45. The number of methoxy groups -OCH3 is 1. The van der Waals surface area contributed by atoms with E-state index in [4.69, 9.17) is 9.47 Å². The Morgan fingerprint density at radius 1 is 1.27 bits per heavy atom. The van der Waals surface area contributed by atoms with Gasteiger partial charge in [0.1, 0.15) is 5.75 Å². The van der Waals surface area contributed by atoms with Gasteiger partial charge in [0.2, 0.25) is 0 Å². The van der Waals surface area contributed by atoms with Crippen LogP contribution in [-0.4, -0.2) is 42.4 Å². The predicted octanol–water partition coefficient (Wildman–Crippen LogP) is 3.16. The van der Waals surface area contributed by atoms with Crippen molar-refractivity contribution in [2.75, 3.05) is 20.3 Å². The maximum Gasteiger partial charge on any atom is 0.293 e. The molecule has 1 aliphatic rings. The number of nitrogens with zero attached hydrogens (tertiary/aromatic N) is 1. The molecule has 0 spiro atoms. The summed E-state index contributed by atoms with van der Waals surface area (Å²) in [7, 11) is 1.54. The number of ether oxygens (including phenoxy) is 2. The van der Waals surface area contributed by atoms with E-state index in [0.29, 0.717) is 17.3 Å². The minimum atomic E-state index is -0.286. The number of imide groups is 1. The largest absolute Gasteiger partial charge is 0.490 e. The number of rotatable bonds is 6. The Balaban J connectivity index is 2.23. The molecule has 118 valence electrons. The molecule has 22 heavy (non-hydrogen) atoms. The molecular formula is C16H19NO4S. The van der Waals surface area contributed by atoms with Gasteiger partial charge in [0, 0.05) is 12.7 Å². The van der Waals surface area contributed by atoms with Gasteiger partial charge in [-0.3, -0.25) is 14.5 Å². The zero-order valence-corrected chi connectivity index (χ0v) is 13.7. The van der Waals surface area contributed by atoms with E-state index in [-0.39, 0.29) is 23.8 Å². The first-order valence-corrected chi connectivity index (χ1v) is 7.84. The van der Waals surface area contributed by atoms with Gasteiger partial charge in [-0.15, -0.1) is 0 Å². The molecule has 1 aromatic rings. The van der Waals surface area contributed by atoms with Crippen molar-refractivity contribution in [1.29, 1.82) is 0 Å². The first-order valence-electron chi connectivity index (χ1n) is 7.03. The van der Waals surface area contributed by atoms with E-state index in [1.54, 1.807) is 6.08 Å². The lowest BCUT2D eigenvalue weighted by molar-refractivity contribution is -0.123. The van der Waals surface area contributed by atoms with Gasteiger partial charge in [0.25, 0.3) is 11.1 Å². The molecule has 2 amide bonds. The molecule has 0 aliphatic carbocycles. The summed E-state index contributed by atoms with van der Waals surface area (Å²) in [5.74, 6) is 0.410. The molecule has 0 saturated carbocycles. The number of benzene rings is 1. The van der Waals surface area contributed by atoms with Crippen LogP contribution in [0.1, 0.15) is 19.4 Å². The van der Waals surface area contributed by atoms with Gasteiger partial charge in [-0.1, -0.05) is 18.2 Å². The summed E-state index contributed by atoms with van der Waals surface area (Å²) >= 11 is 0.942. The van der Waals surface area contributed by atoms with Crippen molar-refractivity contribution in [3.8, 4) is 5.75 Å². The first kappa shape index (κ1) is 16.6. The Hall–Kier alpha value is -1.79. The number of carbonyl (C=O) groups is 2. The molecule has 1 fully saturated rings. The normalized spacial score (nSPS) is 16.9. The van der Waals surface area contributed by atoms with E-state index in [9.17, 15) is 9.59 Å². The number of para-hydroxylation sites is 1. The molecule has 5 nitrogen and oxygen atoms in total. The van der Waals surface area contributed by atoms with Crippen molar-refractivity contribution in [2.24, 2.45) is 0 Å². The van der Waals surface area contributed by atoms with E-state index in [2.05, 4.69) is 0 Å². The molecule has 1 aromatic carbocycles. The van der Waals surface area contributed by atoms with E-state index in [1.165, 1.54) is 12.0 Å². The van der Waals surface area contributed by atoms with Gasteiger partial charge in [0.15, 0.2) is 0 Å². The summed E-state index contributed by atoms with van der Waals surface area (Å²) in [6.45, 7) is 4.48. The maximum absolute atomic E-state index is 12.3. The minimum Gasteiger partial charge on any atom is -0.490 e. The summed E-state index contributed by atoms with van der Waals surface area (Å²) in [4.78, 5) is 25.8. The predicted molar refractivity (Wildman–Crippen MR) is 86.8 cm³/mol. The van der Waals surface area contributed by atoms with Crippen LogP contribution in [0.25, 0.3) is 6.08 Å². The van der Waals surface area contributed by atoms with Gasteiger partial charge in [-0.05, 0) is 37.8 Å². The molecule has 1 aliphatic heterocycles. The van der Waals surface area contributed by atoms with Crippen LogP contribution in [0.5, 0.6) is 5.75 Å². The SMILES string of the molecule is COCCN1C(=O)S/C(=C\c2ccccc2OC(C)C)C1=O. The molecule has 2 rings (SSSR count). The number of thioether (sulfide) groups is 1. The average Bonchev–Trinajstić information content (AvgIpc) is 2.73. The molecule has 1 heterocycles. The Kier molecular flexibility index (Phi) is 5.63. The van der Waals surface area contributed by atoms with Crippen molar-refractivity contribution in [3.05, 3.63) is 34.7 Å². The van der Waals surface area contributed by atoms with Gasteiger partial charge >= 0.3 is 0 Å². The lowest BCUT2D eigenvalue weighted by Gasteiger charge is -2.12. The lowest BCUT2D eigenvalue weighted by Crippen LogP contribution is -2.31. The zero-order chi connectivity index (χ0) is 16.1. The third-order valence-electron chi connectivity index (χ3n) is 2.96. The fraction of sp³-hybridized carbons (Fsp3) is 0.375. The Morgan fingerprint density at radius 3 is 2.68 bits per heavy atom. The topological polar surface area (TPSA) is 55.8 Å². The summed E-state index contributed by atoms with van der Waals surface area (Å²) in [5, 5.41) is -0.268. The second-order valence-corrected chi connectivity index (χ2v) is 6.02. The lowest BCUT2D eigenvalue weighted by atomic mass is 10.2. The van der Waals surface area contributed by atoms with E-state index in [0.717, 1.165) is 17.3 Å². The molecule has 0 atom stereocenters. The zero-order valence-electron chi connectivity index (χ0n) is 12.9. The Morgan fingerprint density at radius 2 is 2.00 bits per heavy atom. The smallest absolute Gasteiger partial charge is 0.293 e. The summed E-state index contributed by atoms with van der Waals surface area (Å²) in [5.41, 5.74) is 0.786. The summed E-state index contributed by atoms with van der Waals surface area (Å²) < 4.78 is 10.6. The maximum atomic E-state index is 12.3. The van der Waals surface area contributed by atoms with E-state index < -0.39 is 0 Å². The molecule has 1 saturated heterocycles. The van der Waals surface area contributed by atoms with Crippen molar-refractivity contribution < 1.29 is 19.1 Å². The number of hydrogen-bond acceptors (Lipinski definition) is 5. The average molecular weight is 321 g/mol. The van der Waals surface area contributed by atoms with Crippen LogP contribution in [0.2, 0.25) is 0 Å². The Labute approximate surface area is 134 Å². The third kappa shape index (κ3) is 3.90. The van der Waals surface area contributed by atoms with Gasteiger partial charge < -0.3 is 9.47 Å². The molecule has 0 N–H and O–H groups in total. The Bertz CT molecular complexity index is 598. The minimum absolute atomic E-state index is 0.0336. The van der Waals surface area contributed by atoms with Crippen molar-refractivity contribution in [1.82, 2.24) is 4.90 Å². The number of amides is 2. The highest BCUT2D eigenvalue weighted by molar-refractivity contribution is 8.18. The monoisotopic (exact) mass is 321 g/mol. The van der Waals surface area contributed by atoms with Crippen molar-refractivity contribution in [3.63, 3.8) is 0 Å². The van der Waals surface area contributed by atoms with Crippen molar-refractivity contribution in [2.45, 2.75) is 20.0 Å². The summed E-state index contributed by atoms with van der Waals surface area (Å²) in [6.07, 6.45) is 1.74. The van der Waals surface area contributed by atoms with Crippen LogP contribution in [0.4, 0.5) is 4.79 Å². The van der Waals surface area contributed by atoms with Crippen LogP contribution in [-0.2, 0) is 9.53 Å². The van der Waals surface area contributed by atoms with Crippen molar-refractivity contribution >= 4 is 29.0 Å². The van der Waals surface area contributed by atoms with Crippen LogP contribution in [0.15, 0.2) is 29.2 Å². The van der Waals surface area contributed by atoms with Crippen LogP contribution < -0.4 is 4.74 Å². The fourth-order valence-electron chi connectivity index (χ4n) is 1.98. The first-order chi connectivity index (χ1) is 10.5. The number of hydrogen-bond donors (Lipinski definition) is 0.